The van der Waals surface area contributed by atoms with Gasteiger partial charge in [0.2, 0.25) is 0 Å². The van der Waals surface area contributed by atoms with Crippen LogP contribution in [-0.2, 0) is 0 Å². The summed E-state index contributed by atoms with van der Waals surface area (Å²) in [7, 11) is 0. The second kappa shape index (κ2) is 4.18. The van der Waals surface area contributed by atoms with Gasteiger partial charge in [-0.3, -0.25) is 0 Å². The summed E-state index contributed by atoms with van der Waals surface area (Å²) in [4.78, 5) is 0. The van der Waals surface area contributed by atoms with Gasteiger partial charge in [0, 0.05) is 0 Å². The average molecular weight is 157 g/mol. The number of nitrogens with zero attached hydrogens (tertiary/aromatic N) is 1. The van der Waals surface area contributed by atoms with E-state index in [0.717, 1.165) is 19.4 Å². The number of amidine groups is 1. The van der Waals surface area contributed by atoms with Crippen molar-refractivity contribution in [1.82, 2.24) is 5.32 Å². The molecule has 0 spiro atoms. The lowest BCUT2D eigenvalue weighted by Crippen LogP contribution is -2.40. The molecule has 0 amide bonds. The predicted molar refractivity (Wildman–Crippen MR) is 43.7 cm³/mol. The minimum Gasteiger partial charge on any atom is -0.409 e. The fourth-order valence-electron chi connectivity index (χ4n) is 1.35. The molecule has 4 N–H and O–H groups in total. The maximum atomic E-state index is 8.40. The molecule has 0 aromatic rings. The van der Waals surface area contributed by atoms with Gasteiger partial charge in [0.15, 0.2) is 5.84 Å². The van der Waals surface area contributed by atoms with Crippen molar-refractivity contribution >= 4 is 5.84 Å². The zero-order chi connectivity index (χ0) is 8.10. The molecule has 1 rings (SSSR count). The smallest absolute Gasteiger partial charge is 0.156 e. The SMILES string of the molecule is N/C(=N\O)C1CCCCCN1. The molecule has 1 atom stereocenters. The van der Waals surface area contributed by atoms with E-state index in [0.29, 0.717) is 5.84 Å². The van der Waals surface area contributed by atoms with Gasteiger partial charge in [-0.05, 0) is 19.4 Å². The number of hydrogen-bond donors (Lipinski definition) is 3. The first kappa shape index (κ1) is 8.33. The van der Waals surface area contributed by atoms with Gasteiger partial charge in [-0.25, -0.2) is 0 Å². The average Bonchev–Trinajstić information content (AvgIpc) is 2.30. The Morgan fingerprint density at radius 2 is 2.27 bits per heavy atom. The summed E-state index contributed by atoms with van der Waals surface area (Å²) in [5, 5.41) is 14.6. The Kier molecular flexibility index (Phi) is 3.16. The quantitative estimate of drug-likeness (QED) is 0.221. The molecule has 1 saturated heterocycles. The molecule has 4 nitrogen and oxygen atoms in total. The third-order valence-corrected chi connectivity index (χ3v) is 2.03. The van der Waals surface area contributed by atoms with E-state index in [1.807, 2.05) is 0 Å². The van der Waals surface area contributed by atoms with Crippen LogP contribution in [0.3, 0.4) is 0 Å². The number of rotatable bonds is 1. The lowest BCUT2D eigenvalue weighted by Gasteiger charge is -2.12. The highest BCUT2D eigenvalue weighted by Crippen LogP contribution is 2.07. The first-order valence-corrected chi connectivity index (χ1v) is 4.05. The molecule has 1 aliphatic heterocycles. The normalized spacial score (nSPS) is 28.0. The fraction of sp³-hybridized carbons (Fsp3) is 0.857. The number of nitrogens with two attached hydrogens (primary N) is 1. The lowest BCUT2D eigenvalue weighted by molar-refractivity contribution is 0.314. The van der Waals surface area contributed by atoms with E-state index in [-0.39, 0.29) is 6.04 Å². The Balaban J connectivity index is 2.42. The molecule has 64 valence electrons. The first-order valence-electron chi connectivity index (χ1n) is 4.05. The maximum Gasteiger partial charge on any atom is 0.156 e. The Bertz CT molecular complexity index is 139. The third-order valence-electron chi connectivity index (χ3n) is 2.03. The number of nitrogens with one attached hydrogen (secondary N) is 1. The van der Waals surface area contributed by atoms with Gasteiger partial charge < -0.3 is 16.3 Å². The number of oxime groups is 1. The van der Waals surface area contributed by atoms with E-state index in [2.05, 4.69) is 10.5 Å². The molecule has 1 unspecified atom stereocenters. The van der Waals surface area contributed by atoms with Gasteiger partial charge in [-0.15, -0.1) is 0 Å². The van der Waals surface area contributed by atoms with Crippen LogP contribution in [0.2, 0.25) is 0 Å². The Morgan fingerprint density at radius 3 is 3.00 bits per heavy atom. The summed E-state index contributed by atoms with van der Waals surface area (Å²) < 4.78 is 0. The van der Waals surface area contributed by atoms with Crippen molar-refractivity contribution < 1.29 is 5.21 Å². The van der Waals surface area contributed by atoms with Crippen LogP contribution in [0, 0.1) is 0 Å². The second-order valence-corrected chi connectivity index (χ2v) is 2.88. The molecule has 1 fully saturated rings. The van der Waals surface area contributed by atoms with Gasteiger partial charge in [-0.1, -0.05) is 18.0 Å². The highest BCUT2D eigenvalue weighted by molar-refractivity contribution is 5.85. The van der Waals surface area contributed by atoms with E-state index >= 15 is 0 Å². The molecule has 0 aromatic heterocycles. The summed E-state index contributed by atoms with van der Waals surface area (Å²) in [5.41, 5.74) is 5.45. The van der Waals surface area contributed by atoms with E-state index in [9.17, 15) is 0 Å². The summed E-state index contributed by atoms with van der Waals surface area (Å²) in [6.07, 6.45) is 4.57. The van der Waals surface area contributed by atoms with E-state index in [1.165, 1.54) is 12.8 Å². The molecule has 1 heterocycles. The largest absolute Gasteiger partial charge is 0.409 e. The van der Waals surface area contributed by atoms with Crippen molar-refractivity contribution in [2.24, 2.45) is 10.9 Å². The van der Waals surface area contributed by atoms with Gasteiger partial charge in [-0.2, -0.15) is 0 Å². The molecule has 0 aliphatic carbocycles. The van der Waals surface area contributed by atoms with Gasteiger partial charge in [0.25, 0.3) is 0 Å². The van der Waals surface area contributed by atoms with E-state index < -0.39 is 0 Å². The van der Waals surface area contributed by atoms with Crippen LogP contribution in [-0.4, -0.2) is 23.6 Å². The van der Waals surface area contributed by atoms with Crippen molar-refractivity contribution in [3.8, 4) is 0 Å². The van der Waals surface area contributed by atoms with Gasteiger partial charge >= 0.3 is 0 Å². The standard InChI is InChI=1S/C7H15N3O/c8-7(10-11)6-4-2-1-3-5-9-6/h6,9,11H,1-5H2,(H2,8,10). The molecule has 1 aliphatic rings. The summed E-state index contributed by atoms with van der Waals surface area (Å²) >= 11 is 0. The van der Waals surface area contributed by atoms with Crippen LogP contribution in [0.4, 0.5) is 0 Å². The predicted octanol–water partition coefficient (Wildman–Crippen LogP) is 0.265. The molecular weight excluding hydrogens is 142 g/mol. The van der Waals surface area contributed by atoms with E-state index in [1.54, 1.807) is 0 Å². The minimum absolute atomic E-state index is 0.0856. The van der Waals surface area contributed by atoms with E-state index in [4.69, 9.17) is 10.9 Å². The second-order valence-electron chi connectivity index (χ2n) is 2.88. The van der Waals surface area contributed by atoms with Crippen LogP contribution < -0.4 is 11.1 Å². The number of hydrogen-bond acceptors (Lipinski definition) is 3. The van der Waals surface area contributed by atoms with Gasteiger partial charge in [0.05, 0.1) is 6.04 Å². The summed E-state index contributed by atoms with van der Waals surface area (Å²) in [6, 6.07) is 0.0856. The van der Waals surface area contributed by atoms with Crippen molar-refractivity contribution in [3.63, 3.8) is 0 Å². The molecule has 11 heavy (non-hydrogen) atoms. The molecule has 0 aromatic carbocycles. The molecule has 0 radical (unpaired) electrons. The van der Waals surface area contributed by atoms with Crippen LogP contribution >= 0.6 is 0 Å². The topological polar surface area (TPSA) is 70.6 Å². The highest BCUT2D eigenvalue weighted by Gasteiger charge is 2.14. The lowest BCUT2D eigenvalue weighted by atomic mass is 10.1. The summed E-state index contributed by atoms with van der Waals surface area (Å²) in [5.74, 6) is 0.312. The maximum absolute atomic E-state index is 8.40. The summed E-state index contributed by atoms with van der Waals surface area (Å²) in [6.45, 7) is 0.973. The Hall–Kier alpha value is -0.770. The van der Waals surface area contributed by atoms with Crippen LogP contribution in [0.1, 0.15) is 25.7 Å². The molecule has 4 heteroatoms. The Morgan fingerprint density at radius 1 is 1.45 bits per heavy atom. The zero-order valence-corrected chi connectivity index (χ0v) is 6.58. The Labute approximate surface area is 66.5 Å². The van der Waals surface area contributed by atoms with Crippen molar-refractivity contribution in [2.75, 3.05) is 6.54 Å². The van der Waals surface area contributed by atoms with Gasteiger partial charge in [0.1, 0.15) is 0 Å². The minimum atomic E-state index is 0.0856. The first-order chi connectivity index (χ1) is 5.34. The fourth-order valence-corrected chi connectivity index (χ4v) is 1.35. The third kappa shape index (κ3) is 2.38. The molecular formula is C7H15N3O. The molecule has 0 bridgehead atoms. The van der Waals surface area contributed by atoms with Crippen LogP contribution in [0.5, 0.6) is 0 Å². The zero-order valence-electron chi connectivity index (χ0n) is 6.58. The van der Waals surface area contributed by atoms with Crippen molar-refractivity contribution in [3.05, 3.63) is 0 Å². The molecule has 0 saturated carbocycles. The monoisotopic (exact) mass is 157 g/mol. The van der Waals surface area contributed by atoms with Crippen LogP contribution in [0.15, 0.2) is 5.16 Å². The highest BCUT2D eigenvalue weighted by atomic mass is 16.4. The van der Waals surface area contributed by atoms with Crippen molar-refractivity contribution in [2.45, 2.75) is 31.7 Å². The van der Waals surface area contributed by atoms with Crippen LogP contribution in [0.25, 0.3) is 0 Å². The van der Waals surface area contributed by atoms with Crippen molar-refractivity contribution in [1.29, 1.82) is 0 Å².